The van der Waals surface area contributed by atoms with Crippen LogP contribution in [0.3, 0.4) is 0 Å². The highest BCUT2D eigenvalue weighted by molar-refractivity contribution is 8.14. The predicted molar refractivity (Wildman–Crippen MR) is 163 cm³/mol. The zero-order chi connectivity index (χ0) is 33.0. The van der Waals surface area contributed by atoms with Crippen molar-refractivity contribution >= 4 is 46.5 Å². The number of rotatable bonds is 8. The van der Waals surface area contributed by atoms with Crippen molar-refractivity contribution in [1.82, 2.24) is 14.8 Å². The van der Waals surface area contributed by atoms with Gasteiger partial charge in [0.05, 0.1) is 18.0 Å². The Morgan fingerprint density at radius 3 is 2.52 bits per heavy atom. The number of carbonyl (C=O) groups excluding carboxylic acids is 1. The molecule has 10 nitrogen and oxygen atoms in total. The number of amidine groups is 1. The van der Waals surface area contributed by atoms with Crippen LogP contribution in [0, 0.1) is 18.6 Å². The smallest absolute Gasteiger partial charge is 0.406 e. The van der Waals surface area contributed by atoms with Gasteiger partial charge in [0.1, 0.15) is 35.6 Å². The van der Waals surface area contributed by atoms with Crippen molar-refractivity contribution in [2.24, 2.45) is 4.99 Å². The third-order valence-corrected chi connectivity index (χ3v) is 7.44. The van der Waals surface area contributed by atoms with Crippen LogP contribution >= 0.6 is 11.8 Å². The highest BCUT2D eigenvalue weighted by Crippen LogP contribution is 2.33. The van der Waals surface area contributed by atoms with E-state index < -0.39 is 41.7 Å². The number of hydrogen-bond acceptors (Lipinski definition) is 7. The van der Waals surface area contributed by atoms with Gasteiger partial charge in [-0.15, -0.1) is 18.3 Å². The van der Waals surface area contributed by atoms with Crippen LogP contribution in [0.5, 0.6) is 5.75 Å². The maximum Gasteiger partial charge on any atom is 0.573 e. The summed E-state index contributed by atoms with van der Waals surface area (Å²) in [4.78, 5) is 22.3. The summed E-state index contributed by atoms with van der Waals surface area (Å²) in [5, 5.41) is 17.1. The maximum absolute atomic E-state index is 14.9. The summed E-state index contributed by atoms with van der Waals surface area (Å²) in [6.45, 7) is 2.12. The number of halogens is 5. The lowest BCUT2D eigenvalue weighted by Gasteiger charge is -2.25. The highest BCUT2D eigenvalue weighted by Gasteiger charge is 2.33. The van der Waals surface area contributed by atoms with E-state index in [0.29, 0.717) is 11.4 Å². The number of anilines is 2. The van der Waals surface area contributed by atoms with Crippen molar-refractivity contribution in [3.8, 4) is 11.4 Å². The van der Waals surface area contributed by atoms with Crippen LogP contribution in [0.25, 0.3) is 17.8 Å². The number of carbonyl (C=O) groups is 1. The molecule has 1 unspecified atom stereocenters. The molecule has 240 valence electrons. The number of thioether (sulfide) groups is 1. The first kappa shape index (κ1) is 32.6. The lowest BCUT2D eigenvalue weighted by Crippen LogP contribution is -2.35. The molecular weight excluding hydrogens is 635 g/mol. The second-order valence-electron chi connectivity index (χ2n) is 9.83. The summed E-state index contributed by atoms with van der Waals surface area (Å²) >= 11 is 1.11. The first-order chi connectivity index (χ1) is 21.9. The Morgan fingerprint density at radius 1 is 1.13 bits per heavy atom. The third-order valence-electron chi connectivity index (χ3n) is 6.43. The lowest BCUT2D eigenvalue weighted by molar-refractivity contribution is -0.274. The zero-order valence-electron chi connectivity index (χ0n) is 24.1. The van der Waals surface area contributed by atoms with Gasteiger partial charge in [0.25, 0.3) is 0 Å². The number of amides is 2. The zero-order valence-corrected chi connectivity index (χ0v) is 24.9. The van der Waals surface area contributed by atoms with Gasteiger partial charge in [0, 0.05) is 18.4 Å². The molecule has 2 amide bonds. The standard InChI is InChI=1S/C30H25F5N6O4S/c1-17-3-5-19(14-44-2)24(11-17)41-26(42)15-46-29(41)38-28(43)37-27-22(31)12-18(13-23(27)32)4-10-25-36-16-40(39-25)20-6-8-21(9-7-20)45-30(33,34)35/h3-13,16,26,42H,14-15H2,1-2H3,(H,37,43)/b10-4+,38-29?. The van der Waals surface area contributed by atoms with E-state index in [2.05, 4.69) is 25.1 Å². The molecule has 1 saturated heterocycles. The second-order valence-corrected chi connectivity index (χ2v) is 10.8. The Hall–Kier alpha value is -4.80. The molecule has 4 aromatic rings. The van der Waals surface area contributed by atoms with E-state index in [1.54, 1.807) is 0 Å². The quantitative estimate of drug-likeness (QED) is 0.205. The number of aliphatic hydroxyl groups excluding tert-OH is 1. The Kier molecular flexibility index (Phi) is 9.69. The van der Waals surface area contributed by atoms with Crippen molar-refractivity contribution in [2.75, 3.05) is 23.1 Å². The van der Waals surface area contributed by atoms with Gasteiger partial charge in [0.15, 0.2) is 11.0 Å². The van der Waals surface area contributed by atoms with Crippen molar-refractivity contribution < 1.29 is 41.3 Å². The van der Waals surface area contributed by atoms with Crippen molar-refractivity contribution in [3.63, 3.8) is 0 Å². The molecule has 3 aromatic carbocycles. The molecule has 1 aliphatic heterocycles. The summed E-state index contributed by atoms with van der Waals surface area (Å²) in [6, 6.07) is 11.4. The largest absolute Gasteiger partial charge is 0.573 e. The van der Waals surface area contributed by atoms with E-state index in [-0.39, 0.29) is 28.9 Å². The summed E-state index contributed by atoms with van der Waals surface area (Å²) in [5.74, 6) is -2.17. The number of nitrogens with zero attached hydrogens (tertiary/aromatic N) is 5. The van der Waals surface area contributed by atoms with Gasteiger partial charge >= 0.3 is 12.4 Å². The van der Waals surface area contributed by atoms with Gasteiger partial charge in [-0.25, -0.2) is 23.2 Å². The van der Waals surface area contributed by atoms with E-state index in [1.807, 2.05) is 25.1 Å². The van der Waals surface area contributed by atoms with Crippen LogP contribution in [0.15, 0.2) is 65.9 Å². The molecule has 0 spiro atoms. The van der Waals surface area contributed by atoms with Crippen molar-refractivity contribution in [2.45, 2.75) is 26.1 Å². The molecular formula is C30H25F5N6O4S. The number of alkyl halides is 3. The minimum absolute atomic E-state index is 0.0927. The molecule has 0 aliphatic carbocycles. The molecule has 1 fully saturated rings. The summed E-state index contributed by atoms with van der Waals surface area (Å²) in [7, 11) is 1.53. The van der Waals surface area contributed by atoms with Crippen LogP contribution in [0.4, 0.5) is 38.1 Å². The molecule has 1 aromatic heterocycles. The first-order valence-corrected chi connectivity index (χ1v) is 14.4. The average Bonchev–Trinajstić information content (AvgIpc) is 3.61. The monoisotopic (exact) mass is 660 g/mol. The van der Waals surface area contributed by atoms with E-state index >= 15 is 0 Å². The number of nitrogens with one attached hydrogen (secondary N) is 1. The van der Waals surface area contributed by atoms with Crippen LogP contribution in [-0.4, -0.2) is 56.5 Å². The first-order valence-electron chi connectivity index (χ1n) is 13.4. The average molecular weight is 661 g/mol. The summed E-state index contributed by atoms with van der Waals surface area (Å²) in [5.41, 5.74) is 2.02. The van der Waals surface area contributed by atoms with Gasteiger partial charge in [0.2, 0.25) is 0 Å². The van der Waals surface area contributed by atoms with Gasteiger partial charge in [-0.05, 0) is 66.6 Å². The molecule has 2 N–H and O–H groups in total. The SMILES string of the molecule is COCc1ccc(C)cc1N1C(=NC(=O)Nc2c(F)cc(/C=C/c3ncn(-c4ccc(OC(F)(F)F)cc4)n3)cc2F)SCC1O. The van der Waals surface area contributed by atoms with E-state index in [1.165, 1.54) is 47.3 Å². The molecule has 5 rings (SSSR count). The number of ether oxygens (including phenoxy) is 2. The molecule has 46 heavy (non-hydrogen) atoms. The normalized spacial score (nSPS) is 16.0. The van der Waals surface area contributed by atoms with Crippen LogP contribution in [0.1, 0.15) is 22.5 Å². The molecule has 16 heteroatoms. The van der Waals surface area contributed by atoms with Gasteiger partial charge in [-0.1, -0.05) is 30.0 Å². The number of methoxy groups -OCH3 is 1. The van der Waals surface area contributed by atoms with E-state index in [9.17, 15) is 31.9 Å². The number of aromatic nitrogens is 3. The number of hydrogen-bond donors (Lipinski definition) is 2. The fourth-order valence-corrected chi connectivity index (χ4v) is 5.38. The van der Waals surface area contributed by atoms with Gasteiger partial charge < -0.3 is 19.9 Å². The Balaban J connectivity index is 1.28. The number of benzene rings is 3. The lowest BCUT2D eigenvalue weighted by atomic mass is 10.1. The number of aryl methyl sites for hydroxylation is 1. The number of aliphatic imine (C=N–C) groups is 1. The molecule has 0 radical (unpaired) electrons. The molecule has 1 atom stereocenters. The van der Waals surface area contributed by atoms with Gasteiger partial charge in [-0.3, -0.25) is 4.90 Å². The van der Waals surface area contributed by atoms with Gasteiger partial charge in [-0.2, -0.15) is 4.99 Å². The van der Waals surface area contributed by atoms with Crippen LogP contribution in [0.2, 0.25) is 0 Å². The predicted octanol–water partition coefficient (Wildman–Crippen LogP) is 6.53. The maximum atomic E-state index is 14.9. The number of aliphatic hydroxyl groups is 1. The van der Waals surface area contributed by atoms with E-state index in [0.717, 1.165) is 47.2 Å². The molecule has 2 heterocycles. The minimum atomic E-state index is -4.82. The van der Waals surface area contributed by atoms with Crippen molar-refractivity contribution in [1.29, 1.82) is 0 Å². The highest BCUT2D eigenvalue weighted by atomic mass is 32.2. The van der Waals surface area contributed by atoms with Crippen LogP contribution in [-0.2, 0) is 11.3 Å². The molecule has 0 bridgehead atoms. The number of urea groups is 1. The Morgan fingerprint density at radius 2 is 1.85 bits per heavy atom. The summed E-state index contributed by atoms with van der Waals surface area (Å²) < 4.78 is 77.4. The van der Waals surface area contributed by atoms with E-state index in [4.69, 9.17) is 4.74 Å². The second kappa shape index (κ2) is 13.7. The molecule has 0 saturated carbocycles. The topological polar surface area (TPSA) is 114 Å². The Bertz CT molecular complexity index is 1770. The molecule has 1 aliphatic rings. The van der Waals surface area contributed by atoms with Crippen LogP contribution < -0.4 is 15.0 Å². The fourth-order valence-electron chi connectivity index (χ4n) is 4.42. The van der Waals surface area contributed by atoms with Crippen molar-refractivity contribution in [3.05, 3.63) is 95.1 Å². The third kappa shape index (κ3) is 7.88. The Labute approximate surface area is 263 Å². The summed E-state index contributed by atoms with van der Waals surface area (Å²) in [6.07, 6.45) is -1.79. The minimum Gasteiger partial charge on any atom is -0.406 e. The fraction of sp³-hybridized carbons (Fsp3) is 0.200.